The molecule has 0 radical (unpaired) electrons. The molecule has 3 rings (SSSR count). The van der Waals surface area contributed by atoms with E-state index in [0.29, 0.717) is 11.4 Å². The van der Waals surface area contributed by atoms with Crippen LogP contribution < -0.4 is 10.3 Å². The standard InChI is InChI=1S/C16H16N6O4/c23-14-7-6-13(19-22(14)12-4-2-1-3-5-12)16(26)17-8-11-9-21(20-18-11)10-15(24)25/h1-5,9H,6-8,10H2,(H,17,26)(H,24,25). The van der Waals surface area contributed by atoms with Crippen molar-refractivity contribution in [3.63, 3.8) is 0 Å². The molecule has 0 spiro atoms. The number of hydrogen-bond donors (Lipinski definition) is 2. The predicted molar refractivity (Wildman–Crippen MR) is 90.1 cm³/mol. The molecular formula is C16H16N6O4. The maximum Gasteiger partial charge on any atom is 0.325 e. The molecule has 1 aromatic heterocycles. The van der Waals surface area contributed by atoms with Gasteiger partial charge in [0, 0.05) is 12.8 Å². The maximum absolute atomic E-state index is 12.3. The number of carboxylic acids is 1. The highest BCUT2D eigenvalue weighted by Gasteiger charge is 2.25. The molecule has 1 aliphatic heterocycles. The fourth-order valence-electron chi connectivity index (χ4n) is 2.40. The van der Waals surface area contributed by atoms with Crippen LogP contribution in [-0.2, 0) is 27.5 Å². The molecular weight excluding hydrogens is 340 g/mol. The zero-order valence-electron chi connectivity index (χ0n) is 13.7. The monoisotopic (exact) mass is 356 g/mol. The predicted octanol–water partition coefficient (Wildman–Crippen LogP) is 0.162. The summed E-state index contributed by atoms with van der Waals surface area (Å²) in [6, 6.07) is 8.87. The average molecular weight is 356 g/mol. The van der Waals surface area contributed by atoms with Crippen LogP contribution in [0.25, 0.3) is 0 Å². The second-order valence-electron chi connectivity index (χ2n) is 5.57. The van der Waals surface area contributed by atoms with Crippen molar-refractivity contribution in [2.45, 2.75) is 25.9 Å². The van der Waals surface area contributed by atoms with E-state index in [9.17, 15) is 14.4 Å². The SMILES string of the molecule is O=C(O)Cn1cc(CNC(=O)C2=NN(c3ccccc3)C(=O)CC2)nn1. The number of para-hydroxylation sites is 1. The fourth-order valence-corrected chi connectivity index (χ4v) is 2.40. The molecule has 2 heterocycles. The highest BCUT2D eigenvalue weighted by molar-refractivity contribution is 6.40. The Labute approximate surface area is 148 Å². The van der Waals surface area contributed by atoms with Crippen LogP contribution in [0.4, 0.5) is 5.69 Å². The van der Waals surface area contributed by atoms with E-state index in [4.69, 9.17) is 5.11 Å². The minimum atomic E-state index is -1.03. The first-order chi connectivity index (χ1) is 12.5. The van der Waals surface area contributed by atoms with Crippen LogP contribution in [0.5, 0.6) is 0 Å². The van der Waals surface area contributed by atoms with Gasteiger partial charge in [-0.3, -0.25) is 14.4 Å². The Bertz CT molecular complexity index is 861. The van der Waals surface area contributed by atoms with Gasteiger partial charge in [0.05, 0.1) is 18.4 Å². The third kappa shape index (κ3) is 4.09. The summed E-state index contributed by atoms with van der Waals surface area (Å²) < 4.78 is 1.16. The van der Waals surface area contributed by atoms with E-state index in [1.165, 1.54) is 11.2 Å². The molecule has 2 aromatic rings. The Morgan fingerprint density at radius 3 is 2.69 bits per heavy atom. The van der Waals surface area contributed by atoms with E-state index < -0.39 is 11.9 Å². The fraction of sp³-hybridized carbons (Fsp3) is 0.250. The smallest absolute Gasteiger partial charge is 0.325 e. The number of carbonyl (C=O) groups excluding carboxylic acids is 2. The van der Waals surface area contributed by atoms with Gasteiger partial charge in [0.1, 0.15) is 18.0 Å². The number of hydrogen-bond acceptors (Lipinski definition) is 6. The molecule has 26 heavy (non-hydrogen) atoms. The van der Waals surface area contributed by atoms with Crippen molar-refractivity contribution in [2.75, 3.05) is 5.01 Å². The van der Waals surface area contributed by atoms with Gasteiger partial charge in [-0.1, -0.05) is 23.4 Å². The topological polar surface area (TPSA) is 130 Å². The summed E-state index contributed by atoms with van der Waals surface area (Å²) >= 11 is 0. The second-order valence-corrected chi connectivity index (χ2v) is 5.57. The molecule has 0 bridgehead atoms. The van der Waals surface area contributed by atoms with Gasteiger partial charge in [-0.15, -0.1) is 5.10 Å². The maximum atomic E-state index is 12.3. The second kappa shape index (κ2) is 7.55. The highest BCUT2D eigenvalue weighted by Crippen LogP contribution is 2.19. The number of amides is 2. The summed E-state index contributed by atoms with van der Waals surface area (Å²) in [6.07, 6.45) is 1.88. The molecule has 0 saturated carbocycles. The molecule has 0 fully saturated rings. The van der Waals surface area contributed by atoms with Crippen LogP contribution in [0.15, 0.2) is 41.6 Å². The Hall–Kier alpha value is -3.56. The van der Waals surface area contributed by atoms with E-state index in [-0.39, 0.29) is 37.6 Å². The zero-order chi connectivity index (χ0) is 18.5. The number of hydrazone groups is 1. The van der Waals surface area contributed by atoms with Crippen molar-refractivity contribution < 1.29 is 19.5 Å². The van der Waals surface area contributed by atoms with Crippen LogP contribution in [-0.4, -0.2) is 43.6 Å². The van der Waals surface area contributed by atoms with Crippen molar-refractivity contribution >= 4 is 29.2 Å². The number of rotatable bonds is 6. The van der Waals surface area contributed by atoms with E-state index in [1.807, 2.05) is 6.07 Å². The first kappa shape index (κ1) is 17.3. The largest absolute Gasteiger partial charge is 0.480 e. The van der Waals surface area contributed by atoms with Gasteiger partial charge in [-0.25, -0.2) is 9.69 Å². The molecule has 0 aliphatic carbocycles. The molecule has 2 amide bonds. The molecule has 10 nitrogen and oxygen atoms in total. The van der Waals surface area contributed by atoms with Crippen molar-refractivity contribution in [1.82, 2.24) is 20.3 Å². The molecule has 0 saturated heterocycles. The molecule has 0 unspecified atom stereocenters. The number of anilines is 1. The molecule has 134 valence electrons. The van der Waals surface area contributed by atoms with Crippen molar-refractivity contribution in [3.05, 3.63) is 42.2 Å². The average Bonchev–Trinajstić information content (AvgIpc) is 3.07. The lowest BCUT2D eigenvalue weighted by Gasteiger charge is -2.23. The van der Waals surface area contributed by atoms with Crippen LogP contribution in [0, 0.1) is 0 Å². The minimum absolute atomic E-state index is 0.0801. The van der Waals surface area contributed by atoms with E-state index in [2.05, 4.69) is 20.7 Å². The van der Waals surface area contributed by atoms with Gasteiger partial charge in [0.25, 0.3) is 5.91 Å². The third-order valence-electron chi connectivity index (χ3n) is 3.61. The molecule has 1 aromatic carbocycles. The van der Waals surface area contributed by atoms with Crippen molar-refractivity contribution in [1.29, 1.82) is 0 Å². The van der Waals surface area contributed by atoms with Gasteiger partial charge in [-0.2, -0.15) is 5.10 Å². The Morgan fingerprint density at radius 2 is 1.96 bits per heavy atom. The lowest BCUT2D eigenvalue weighted by molar-refractivity contribution is -0.138. The number of aliphatic carboxylic acids is 1. The summed E-state index contributed by atoms with van der Waals surface area (Å²) in [4.78, 5) is 35.0. The summed E-state index contributed by atoms with van der Waals surface area (Å²) in [5.74, 6) is -1.62. The third-order valence-corrected chi connectivity index (χ3v) is 3.61. The number of nitrogens with zero attached hydrogens (tertiary/aromatic N) is 5. The minimum Gasteiger partial charge on any atom is -0.480 e. The zero-order valence-corrected chi connectivity index (χ0v) is 13.7. The number of carboxylic acid groups (broad SMARTS) is 1. The van der Waals surface area contributed by atoms with Gasteiger partial charge in [0.15, 0.2) is 0 Å². The van der Waals surface area contributed by atoms with Crippen molar-refractivity contribution in [2.24, 2.45) is 5.10 Å². The van der Waals surface area contributed by atoms with Gasteiger partial charge in [0.2, 0.25) is 5.91 Å². The van der Waals surface area contributed by atoms with Gasteiger partial charge >= 0.3 is 5.97 Å². The first-order valence-corrected chi connectivity index (χ1v) is 7.87. The normalized spacial score (nSPS) is 14.1. The Morgan fingerprint density at radius 1 is 1.19 bits per heavy atom. The quantitative estimate of drug-likeness (QED) is 0.758. The van der Waals surface area contributed by atoms with Crippen molar-refractivity contribution in [3.8, 4) is 0 Å². The summed E-state index contributed by atoms with van der Waals surface area (Å²) in [7, 11) is 0. The molecule has 2 N–H and O–H groups in total. The van der Waals surface area contributed by atoms with Crippen LogP contribution in [0.1, 0.15) is 18.5 Å². The summed E-state index contributed by atoms with van der Waals surface area (Å²) in [5, 5.41) is 24.2. The Balaban J connectivity index is 1.64. The highest BCUT2D eigenvalue weighted by atomic mass is 16.4. The Kier molecular flexibility index (Phi) is 5.02. The van der Waals surface area contributed by atoms with Gasteiger partial charge < -0.3 is 10.4 Å². The number of carbonyl (C=O) groups is 3. The lowest BCUT2D eigenvalue weighted by atomic mass is 10.1. The van der Waals surface area contributed by atoms with Crippen LogP contribution in [0.3, 0.4) is 0 Å². The van der Waals surface area contributed by atoms with E-state index >= 15 is 0 Å². The number of aromatic nitrogens is 3. The van der Waals surface area contributed by atoms with Crippen LogP contribution in [0.2, 0.25) is 0 Å². The number of nitrogens with one attached hydrogen (secondary N) is 1. The van der Waals surface area contributed by atoms with E-state index in [0.717, 1.165) is 4.68 Å². The summed E-state index contributed by atoms with van der Waals surface area (Å²) in [5.41, 5.74) is 1.26. The molecule has 0 atom stereocenters. The number of benzene rings is 1. The lowest BCUT2D eigenvalue weighted by Crippen LogP contribution is -2.38. The molecule has 1 aliphatic rings. The van der Waals surface area contributed by atoms with Gasteiger partial charge in [-0.05, 0) is 12.1 Å². The van der Waals surface area contributed by atoms with E-state index in [1.54, 1.807) is 24.3 Å². The summed E-state index contributed by atoms with van der Waals surface area (Å²) in [6.45, 7) is -0.224. The van der Waals surface area contributed by atoms with Crippen LogP contribution >= 0.6 is 0 Å². The first-order valence-electron chi connectivity index (χ1n) is 7.87. The molecule has 10 heteroatoms.